The van der Waals surface area contributed by atoms with E-state index in [0.29, 0.717) is 23.4 Å². The molecule has 224 valence electrons. The summed E-state index contributed by atoms with van der Waals surface area (Å²) in [4.78, 5) is 15.3. The van der Waals surface area contributed by atoms with Crippen molar-refractivity contribution in [3.8, 4) is 33.9 Å². The number of aromatic nitrogens is 3. The van der Waals surface area contributed by atoms with Crippen molar-refractivity contribution < 1.29 is 4.42 Å². The lowest BCUT2D eigenvalue weighted by Gasteiger charge is -2.19. The smallest absolute Gasteiger partial charge is 0.164 e. The molecule has 1 atom stereocenters. The van der Waals surface area contributed by atoms with E-state index in [1.54, 1.807) is 0 Å². The fourth-order valence-electron chi connectivity index (χ4n) is 6.97. The van der Waals surface area contributed by atoms with Crippen LogP contribution in [0.4, 0.5) is 0 Å². The summed E-state index contributed by atoms with van der Waals surface area (Å²) in [5.74, 6) is 2.34. The van der Waals surface area contributed by atoms with E-state index in [2.05, 4.69) is 115 Å². The molecule has 1 unspecified atom stereocenters. The zero-order chi connectivity index (χ0) is 31.2. The quantitative estimate of drug-likeness (QED) is 0.196. The third-order valence-corrected chi connectivity index (χ3v) is 9.32. The van der Waals surface area contributed by atoms with Gasteiger partial charge in [0.25, 0.3) is 0 Å². The van der Waals surface area contributed by atoms with Crippen molar-refractivity contribution in [3.05, 3.63) is 157 Å². The Bertz CT molecular complexity index is 2440. The Balaban J connectivity index is 1.24. The maximum absolute atomic E-state index is 6.68. The Hall–Kier alpha value is -5.87. The fourth-order valence-corrected chi connectivity index (χ4v) is 6.97. The van der Waals surface area contributed by atoms with Crippen molar-refractivity contribution >= 4 is 38.3 Å². The van der Waals surface area contributed by atoms with E-state index in [4.69, 9.17) is 19.4 Å². The average molecular weight is 606 g/mol. The van der Waals surface area contributed by atoms with Crippen LogP contribution in [0, 0.1) is 5.92 Å². The van der Waals surface area contributed by atoms with Gasteiger partial charge in [0.15, 0.2) is 17.5 Å². The third-order valence-electron chi connectivity index (χ3n) is 9.32. The lowest BCUT2D eigenvalue weighted by molar-refractivity contribution is 0.670. The normalized spacial score (nSPS) is 16.1. The molecule has 4 nitrogen and oxygen atoms in total. The predicted molar refractivity (Wildman–Crippen MR) is 193 cm³/mol. The van der Waals surface area contributed by atoms with Gasteiger partial charge < -0.3 is 4.42 Å². The summed E-state index contributed by atoms with van der Waals surface area (Å²) in [6.45, 7) is 0. The summed E-state index contributed by atoms with van der Waals surface area (Å²) in [6.07, 6.45) is 16.8. The topological polar surface area (TPSA) is 51.8 Å². The van der Waals surface area contributed by atoms with Crippen molar-refractivity contribution in [3.63, 3.8) is 0 Å². The monoisotopic (exact) mass is 605 g/mol. The summed E-state index contributed by atoms with van der Waals surface area (Å²) in [5.41, 5.74) is 8.13. The summed E-state index contributed by atoms with van der Waals surface area (Å²) >= 11 is 0. The second-order valence-electron chi connectivity index (χ2n) is 12.2. The van der Waals surface area contributed by atoms with E-state index in [9.17, 15) is 0 Å². The van der Waals surface area contributed by atoms with E-state index < -0.39 is 0 Å². The van der Waals surface area contributed by atoms with Crippen LogP contribution in [0.1, 0.15) is 25.1 Å². The molecule has 2 heterocycles. The number of allylic oxidation sites excluding steroid dienone is 8. The molecule has 2 aliphatic carbocycles. The molecule has 0 saturated carbocycles. The number of hydrogen-bond donors (Lipinski definition) is 0. The number of benzene rings is 5. The molecule has 9 rings (SSSR count). The van der Waals surface area contributed by atoms with Crippen LogP contribution in [-0.2, 0) is 0 Å². The van der Waals surface area contributed by atoms with Crippen LogP contribution in [0.25, 0.3) is 72.2 Å². The lowest BCUT2D eigenvalue weighted by Crippen LogP contribution is -2.07. The lowest BCUT2D eigenvalue weighted by atomic mass is 9.87. The van der Waals surface area contributed by atoms with Gasteiger partial charge in [-0.15, -0.1) is 0 Å². The molecular formula is C43H31N3O. The highest BCUT2D eigenvalue weighted by molar-refractivity contribution is 6.17. The molecule has 2 aliphatic rings. The Labute approximate surface area is 273 Å². The highest BCUT2D eigenvalue weighted by Gasteiger charge is 2.22. The zero-order valence-corrected chi connectivity index (χ0v) is 25.8. The van der Waals surface area contributed by atoms with Crippen molar-refractivity contribution in [2.75, 3.05) is 0 Å². The van der Waals surface area contributed by atoms with Crippen molar-refractivity contribution in [2.24, 2.45) is 5.92 Å². The van der Waals surface area contributed by atoms with Crippen LogP contribution in [0.5, 0.6) is 0 Å². The molecule has 0 fully saturated rings. The van der Waals surface area contributed by atoms with Crippen molar-refractivity contribution in [1.82, 2.24) is 15.0 Å². The molecule has 5 aromatic carbocycles. The summed E-state index contributed by atoms with van der Waals surface area (Å²) in [6, 6.07) is 37.6. The van der Waals surface area contributed by atoms with Crippen LogP contribution >= 0.6 is 0 Å². The maximum atomic E-state index is 6.68. The molecule has 2 aromatic heterocycles. The number of rotatable bonds is 5. The first kappa shape index (κ1) is 27.4. The minimum atomic E-state index is 0.378. The number of fused-ring (bicyclic) bond motifs is 4. The Morgan fingerprint density at radius 1 is 0.574 bits per heavy atom. The molecule has 0 spiro atoms. The molecule has 0 amide bonds. The first-order chi connectivity index (χ1) is 23.3. The van der Waals surface area contributed by atoms with Crippen molar-refractivity contribution in [1.29, 1.82) is 0 Å². The SMILES string of the molecule is C1=CC(C2C=CC(c3nc(-c4ccccc4)nc(-c4ccc(-c5cccc6ccccc56)c5oc6ccccc6c45)n3)=CC2)=CCC1. The second-order valence-corrected chi connectivity index (χ2v) is 12.2. The van der Waals surface area contributed by atoms with Gasteiger partial charge in [0, 0.05) is 39.0 Å². The minimum Gasteiger partial charge on any atom is -0.455 e. The van der Waals surface area contributed by atoms with Gasteiger partial charge in [-0.1, -0.05) is 127 Å². The molecule has 0 aliphatic heterocycles. The van der Waals surface area contributed by atoms with Gasteiger partial charge in [-0.2, -0.15) is 0 Å². The van der Waals surface area contributed by atoms with Crippen LogP contribution in [-0.4, -0.2) is 15.0 Å². The van der Waals surface area contributed by atoms with E-state index >= 15 is 0 Å². The molecular weight excluding hydrogens is 574 g/mol. The Morgan fingerprint density at radius 3 is 2.19 bits per heavy atom. The van der Waals surface area contributed by atoms with Crippen LogP contribution in [0.15, 0.2) is 156 Å². The van der Waals surface area contributed by atoms with Gasteiger partial charge in [0.1, 0.15) is 11.2 Å². The highest BCUT2D eigenvalue weighted by atomic mass is 16.3. The number of hydrogen-bond acceptors (Lipinski definition) is 4. The van der Waals surface area contributed by atoms with Crippen LogP contribution in [0.2, 0.25) is 0 Å². The van der Waals surface area contributed by atoms with Gasteiger partial charge >= 0.3 is 0 Å². The Morgan fingerprint density at radius 2 is 1.34 bits per heavy atom. The molecule has 47 heavy (non-hydrogen) atoms. The molecule has 4 heteroatoms. The number of nitrogens with zero attached hydrogens (tertiary/aromatic N) is 3. The first-order valence-electron chi connectivity index (χ1n) is 16.3. The van der Waals surface area contributed by atoms with E-state index in [-0.39, 0.29) is 0 Å². The fraction of sp³-hybridized carbons (Fsp3) is 0.0930. The molecule has 0 bridgehead atoms. The van der Waals surface area contributed by atoms with Gasteiger partial charge in [-0.05, 0) is 59.4 Å². The van der Waals surface area contributed by atoms with Gasteiger partial charge in [-0.3, -0.25) is 0 Å². The van der Waals surface area contributed by atoms with Crippen LogP contribution < -0.4 is 0 Å². The van der Waals surface area contributed by atoms with Crippen LogP contribution in [0.3, 0.4) is 0 Å². The molecule has 0 radical (unpaired) electrons. The summed E-state index contributed by atoms with van der Waals surface area (Å²) in [7, 11) is 0. The molecule has 0 N–H and O–H groups in total. The number of para-hydroxylation sites is 1. The van der Waals surface area contributed by atoms with E-state index in [1.165, 1.54) is 16.3 Å². The summed E-state index contributed by atoms with van der Waals surface area (Å²) in [5, 5.41) is 4.43. The van der Waals surface area contributed by atoms with Gasteiger partial charge in [-0.25, -0.2) is 15.0 Å². The maximum Gasteiger partial charge on any atom is 0.164 e. The largest absolute Gasteiger partial charge is 0.455 e. The van der Waals surface area contributed by atoms with Gasteiger partial charge in [0.05, 0.1) is 0 Å². The van der Waals surface area contributed by atoms with E-state index in [1.807, 2.05) is 30.3 Å². The predicted octanol–water partition coefficient (Wildman–Crippen LogP) is 11.2. The van der Waals surface area contributed by atoms with Crippen molar-refractivity contribution in [2.45, 2.75) is 19.3 Å². The van der Waals surface area contributed by atoms with E-state index in [0.717, 1.165) is 69.0 Å². The average Bonchev–Trinajstić information content (AvgIpc) is 3.55. The number of furan rings is 1. The molecule has 0 saturated heterocycles. The zero-order valence-electron chi connectivity index (χ0n) is 25.8. The van der Waals surface area contributed by atoms with Gasteiger partial charge in [0.2, 0.25) is 0 Å². The second kappa shape index (κ2) is 11.5. The Kier molecular flexibility index (Phi) is 6.71. The molecule has 7 aromatic rings. The first-order valence-corrected chi connectivity index (χ1v) is 16.3. The minimum absolute atomic E-state index is 0.378. The third kappa shape index (κ3) is 4.90. The standard InChI is InChI=1S/C43H31N3O/c1-3-12-28(13-4-1)29-22-24-32(25-23-29)42-44-41(31-15-5-2-6-16-31)45-43(46-42)37-27-26-35(34-20-11-17-30-14-7-8-18-33(30)34)40-39(37)36-19-9-10-21-38(36)47-40/h2-3,5-22,24-27,29H,1,4,23H2. The highest BCUT2D eigenvalue weighted by Crippen LogP contribution is 2.43. The summed E-state index contributed by atoms with van der Waals surface area (Å²) < 4.78 is 6.68.